The van der Waals surface area contributed by atoms with Crippen LogP contribution in [-0.4, -0.2) is 60.3 Å². The van der Waals surface area contributed by atoms with Gasteiger partial charge >= 0.3 is 5.97 Å². The van der Waals surface area contributed by atoms with Gasteiger partial charge in [-0.05, 0) is 64.0 Å². The van der Waals surface area contributed by atoms with Gasteiger partial charge in [0.15, 0.2) is 0 Å². The van der Waals surface area contributed by atoms with Crippen LogP contribution in [0.25, 0.3) is 0 Å². The van der Waals surface area contributed by atoms with Crippen LogP contribution in [0, 0.1) is 6.92 Å². The van der Waals surface area contributed by atoms with Crippen LogP contribution in [0.2, 0.25) is 0 Å². The lowest BCUT2D eigenvalue weighted by Gasteiger charge is -2.31. The van der Waals surface area contributed by atoms with E-state index in [1.54, 1.807) is 18.0 Å². The Kier molecular flexibility index (Phi) is 8.97. The third-order valence-electron chi connectivity index (χ3n) is 5.30. The van der Waals surface area contributed by atoms with Gasteiger partial charge in [0.2, 0.25) is 0 Å². The summed E-state index contributed by atoms with van der Waals surface area (Å²) in [5, 5.41) is 3.02. The number of aromatic nitrogens is 1. The molecule has 0 radical (unpaired) electrons. The highest BCUT2D eigenvalue weighted by molar-refractivity contribution is 7.98. The van der Waals surface area contributed by atoms with Gasteiger partial charge in [-0.2, -0.15) is 11.8 Å². The number of rotatable bonds is 10. The molecule has 1 N–H and O–H groups in total. The van der Waals surface area contributed by atoms with E-state index < -0.39 is 0 Å². The molecule has 0 aliphatic carbocycles. The Balaban J connectivity index is 1.51. The van der Waals surface area contributed by atoms with Crippen LogP contribution in [0.4, 0.5) is 0 Å². The number of carbonyl (C=O) groups is 2. The van der Waals surface area contributed by atoms with Crippen LogP contribution >= 0.6 is 11.8 Å². The Morgan fingerprint density at radius 3 is 2.81 bits per heavy atom. The fraction of sp³-hybridized carbons (Fsp3) is 0.522. The number of likely N-dealkylation sites (tertiary alicyclic amines) is 1. The van der Waals surface area contributed by atoms with Gasteiger partial charge in [-0.1, -0.05) is 0 Å². The van der Waals surface area contributed by atoms with E-state index in [4.69, 9.17) is 14.1 Å². The summed E-state index contributed by atoms with van der Waals surface area (Å²) in [6.07, 6.45) is 3.41. The number of nitrogens with one attached hydrogen (secondary N) is 1. The van der Waals surface area contributed by atoms with Crippen molar-refractivity contribution in [2.45, 2.75) is 38.4 Å². The van der Waals surface area contributed by atoms with E-state index in [0.29, 0.717) is 25.3 Å². The normalized spacial score (nSPS) is 15.0. The molecule has 1 amide bonds. The topological polar surface area (TPSA) is 84.7 Å². The molecule has 7 nitrogen and oxygen atoms in total. The molecule has 0 spiro atoms. The summed E-state index contributed by atoms with van der Waals surface area (Å²) in [6, 6.07) is 7.60. The Bertz CT molecular complexity index is 849. The van der Waals surface area contributed by atoms with Crippen molar-refractivity contribution in [3.8, 4) is 0 Å². The van der Waals surface area contributed by atoms with Gasteiger partial charge in [0, 0.05) is 23.9 Å². The number of hydrogen-bond acceptors (Lipinski definition) is 7. The predicted octanol–water partition coefficient (Wildman–Crippen LogP) is 3.39. The van der Waals surface area contributed by atoms with Crippen LogP contribution in [0.15, 0.2) is 34.9 Å². The Morgan fingerprint density at radius 2 is 2.10 bits per heavy atom. The molecule has 1 aliphatic rings. The quantitative estimate of drug-likeness (QED) is 0.443. The van der Waals surface area contributed by atoms with Gasteiger partial charge in [-0.25, -0.2) is 0 Å². The third-order valence-corrected chi connectivity index (χ3v) is 6.28. The first kappa shape index (κ1) is 23.3. The number of furan rings is 1. The molecule has 3 rings (SSSR count). The van der Waals surface area contributed by atoms with Crippen LogP contribution < -0.4 is 5.32 Å². The second-order valence-corrected chi connectivity index (χ2v) is 8.73. The zero-order valence-corrected chi connectivity index (χ0v) is 19.1. The van der Waals surface area contributed by atoms with Gasteiger partial charge in [0.25, 0.3) is 5.91 Å². The van der Waals surface area contributed by atoms with E-state index in [1.807, 2.05) is 38.1 Å². The molecule has 1 saturated heterocycles. The molecule has 2 aromatic heterocycles. The van der Waals surface area contributed by atoms with E-state index >= 15 is 0 Å². The number of piperidine rings is 1. The molecular formula is C23H31N3O4S. The van der Waals surface area contributed by atoms with E-state index in [9.17, 15) is 9.59 Å². The monoisotopic (exact) mass is 445 g/mol. The molecule has 0 atom stereocenters. The van der Waals surface area contributed by atoms with Crippen molar-refractivity contribution in [3.05, 3.63) is 53.2 Å². The Labute approximate surface area is 187 Å². The van der Waals surface area contributed by atoms with Crippen molar-refractivity contribution in [1.82, 2.24) is 15.2 Å². The molecule has 0 bridgehead atoms. The maximum Gasteiger partial charge on any atom is 0.320 e. The van der Waals surface area contributed by atoms with Gasteiger partial charge in [-0.15, -0.1) is 0 Å². The highest BCUT2D eigenvalue weighted by Crippen LogP contribution is 2.29. The minimum atomic E-state index is -0.181. The van der Waals surface area contributed by atoms with Gasteiger partial charge in [-0.3, -0.25) is 19.5 Å². The average Bonchev–Trinajstić information content (AvgIpc) is 3.27. The number of pyridine rings is 1. The first-order valence-electron chi connectivity index (χ1n) is 10.8. The van der Waals surface area contributed by atoms with Crippen molar-refractivity contribution in [3.63, 3.8) is 0 Å². The number of amides is 1. The summed E-state index contributed by atoms with van der Waals surface area (Å²) in [7, 11) is 0. The lowest BCUT2D eigenvalue weighted by molar-refractivity contribution is -0.144. The van der Waals surface area contributed by atoms with Gasteiger partial charge < -0.3 is 14.5 Å². The van der Waals surface area contributed by atoms with Crippen LogP contribution in [-0.2, 0) is 15.3 Å². The Hall–Kier alpha value is -2.32. The molecule has 1 fully saturated rings. The zero-order chi connectivity index (χ0) is 22.1. The highest BCUT2D eigenvalue weighted by atomic mass is 32.2. The number of ether oxygens (including phenoxy) is 1. The summed E-state index contributed by atoms with van der Waals surface area (Å²) in [6.45, 7) is 6.68. The van der Waals surface area contributed by atoms with Crippen molar-refractivity contribution < 1.29 is 18.7 Å². The summed E-state index contributed by atoms with van der Waals surface area (Å²) in [5.41, 5.74) is 2.44. The fourth-order valence-electron chi connectivity index (χ4n) is 3.73. The molecule has 2 aromatic rings. The van der Waals surface area contributed by atoms with Gasteiger partial charge in [0.05, 0.1) is 36.4 Å². The molecule has 168 valence electrons. The lowest BCUT2D eigenvalue weighted by Crippen LogP contribution is -2.38. The smallest absolute Gasteiger partial charge is 0.320 e. The number of carbonyl (C=O) groups excluding carboxylic acids is 2. The van der Waals surface area contributed by atoms with E-state index in [1.165, 1.54) is 0 Å². The van der Waals surface area contributed by atoms with Crippen molar-refractivity contribution in [2.75, 3.05) is 38.5 Å². The van der Waals surface area contributed by atoms with E-state index in [0.717, 1.165) is 54.6 Å². The molecule has 0 aromatic carbocycles. The fourth-order valence-corrected chi connectivity index (χ4v) is 4.49. The zero-order valence-electron chi connectivity index (χ0n) is 18.3. The average molecular weight is 446 g/mol. The molecular weight excluding hydrogens is 414 g/mol. The maximum atomic E-state index is 12.8. The standard InChI is InChI=1S/C23H31N3O4S/c1-3-29-21(27)15-26-11-8-18(9-12-26)22-20(7-6-17(2)25-22)23(28)24-10-14-31-16-19-5-4-13-30-19/h4-7,13,18H,3,8-12,14-16H2,1-2H3,(H,24,28). The van der Waals surface area contributed by atoms with Crippen LogP contribution in [0.3, 0.4) is 0 Å². The largest absolute Gasteiger partial charge is 0.468 e. The van der Waals surface area contributed by atoms with Crippen molar-refractivity contribution in [1.29, 1.82) is 0 Å². The minimum absolute atomic E-state index is 0.0740. The number of esters is 1. The SMILES string of the molecule is CCOC(=O)CN1CCC(c2nc(C)ccc2C(=O)NCCSCc2ccco2)CC1. The second kappa shape index (κ2) is 11.9. The van der Waals surface area contributed by atoms with Crippen LogP contribution in [0.5, 0.6) is 0 Å². The molecule has 3 heterocycles. The van der Waals surface area contributed by atoms with Crippen molar-refractivity contribution >= 4 is 23.6 Å². The first-order chi connectivity index (χ1) is 15.1. The third kappa shape index (κ3) is 7.11. The molecule has 0 unspecified atom stereocenters. The van der Waals surface area contributed by atoms with Gasteiger partial charge in [0.1, 0.15) is 5.76 Å². The predicted molar refractivity (Wildman–Crippen MR) is 121 cm³/mol. The number of hydrogen-bond donors (Lipinski definition) is 1. The summed E-state index contributed by atoms with van der Waals surface area (Å²) >= 11 is 1.72. The van der Waals surface area contributed by atoms with Crippen molar-refractivity contribution in [2.24, 2.45) is 0 Å². The second-order valence-electron chi connectivity index (χ2n) is 7.63. The molecule has 31 heavy (non-hydrogen) atoms. The van der Waals surface area contributed by atoms with E-state index in [-0.39, 0.29) is 17.8 Å². The Morgan fingerprint density at radius 1 is 1.29 bits per heavy atom. The number of thioether (sulfide) groups is 1. The maximum absolute atomic E-state index is 12.8. The number of nitrogens with zero attached hydrogens (tertiary/aromatic N) is 2. The molecule has 1 aliphatic heterocycles. The minimum Gasteiger partial charge on any atom is -0.468 e. The van der Waals surface area contributed by atoms with Crippen LogP contribution in [0.1, 0.15) is 53.2 Å². The highest BCUT2D eigenvalue weighted by Gasteiger charge is 2.27. The number of aryl methyl sites for hydroxylation is 1. The summed E-state index contributed by atoms with van der Waals surface area (Å²) in [5.74, 6) is 2.51. The first-order valence-corrected chi connectivity index (χ1v) is 12.0. The lowest BCUT2D eigenvalue weighted by atomic mass is 9.90. The molecule has 8 heteroatoms. The van der Waals surface area contributed by atoms with E-state index in [2.05, 4.69) is 10.2 Å². The summed E-state index contributed by atoms with van der Waals surface area (Å²) in [4.78, 5) is 31.4. The molecule has 0 saturated carbocycles. The summed E-state index contributed by atoms with van der Waals surface area (Å²) < 4.78 is 10.4.